The van der Waals surface area contributed by atoms with E-state index in [9.17, 15) is 4.79 Å². The summed E-state index contributed by atoms with van der Waals surface area (Å²) in [5.41, 5.74) is 1.95. The van der Waals surface area contributed by atoms with E-state index in [1.165, 1.54) is 0 Å². The fourth-order valence-electron chi connectivity index (χ4n) is 2.79. The van der Waals surface area contributed by atoms with E-state index in [2.05, 4.69) is 29.4 Å². The first kappa shape index (κ1) is 16.8. The molecule has 2 rings (SSSR count). The summed E-state index contributed by atoms with van der Waals surface area (Å²) < 4.78 is 5.40. The average molecular weight is 305 g/mol. The molecule has 1 aromatic carbocycles. The summed E-state index contributed by atoms with van der Waals surface area (Å²) in [6.07, 6.45) is 0. The molecule has 5 nitrogen and oxygen atoms in total. The molecule has 1 aliphatic heterocycles. The number of amides is 2. The monoisotopic (exact) mass is 305 g/mol. The molecule has 122 valence electrons. The first-order valence-corrected chi connectivity index (χ1v) is 7.99. The Bertz CT molecular complexity index is 485. The summed E-state index contributed by atoms with van der Waals surface area (Å²) in [6.45, 7) is 10.5. The minimum atomic E-state index is -0.149. The number of ether oxygens (including phenoxy) is 1. The molecule has 2 N–H and O–H groups in total. The number of nitrogens with zero attached hydrogens (tertiary/aromatic N) is 1. The van der Waals surface area contributed by atoms with Crippen molar-refractivity contribution < 1.29 is 9.53 Å². The first-order valence-electron chi connectivity index (χ1n) is 7.99. The second-order valence-corrected chi connectivity index (χ2v) is 6.16. The maximum absolute atomic E-state index is 12.1. The van der Waals surface area contributed by atoms with Gasteiger partial charge in [-0.25, -0.2) is 4.79 Å². The van der Waals surface area contributed by atoms with Crippen LogP contribution in [0.25, 0.3) is 0 Å². The van der Waals surface area contributed by atoms with Crippen LogP contribution < -0.4 is 10.6 Å². The lowest BCUT2D eigenvalue weighted by atomic mass is 10.0. The first-order chi connectivity index (χ1) is 10.6. The van der Waals surface area contributed by atoms with E-state index in [1.807, 2.05) is 31.2 Å². The minimum Gasteiger partial charge on any atom is -0.379 e. The second-order valence-electron chi connectivity index (χ2n) is 6.16. The van der Waals surface area contributed by atoms with Crippen molar-refractivity contribution in [1.82, 2.24) is 10.2 Å². The van der Waals surface area contributed by atoms with Gasteiger partial charge in [0.25, 0.3) is 0 Å². The lowest BCUT2D eigenvalue weighted by Crippen LogP contribution is -2.51. The third-order valence-electron chi connectivity index (χ3n) is 4.03. The topological polar surface area (TPSA) is 53.6 Å². The van der Waals surface area contributed by atoms with Gasteiger partial charge in [-0.05, 0) is 30.5 Å². The number of hydrogen-bond acceptors (Lipinski definition) is 3. The van der Waals surface area contributed by atoms with E-state index in [0.29, 0.717) is 18.5 Å². The number of carbonyl (C=O) groups excluding carboxylic acids is 1. The fraction of sp³-hybridized carbons (Fsp3) is 0.588. The van der Waals surface area contributed by atoms with Gasteiger partial charge in [0.1, 0.15) is 0 Å². The summed E-state index contributed by atoms with van der Waals surface area (Å²) in [4.78, 5) is 14.5. The van der Waals surface area contributed by atoms with Crippen molar-refractivity contribution in [2.45, 2.75) is 26.8 Å². The van der Waals surface area contributed by atoms with Gasteiger partial charge in [-0.1, -0.05) is 26.0 Å². The molecule has 0 bridgehead atoms. The molecule has 0 spiro atoms. The Morgan fingerprint density at radius 3 is 2.68 bits per heavy atom. The highest BCUT2D eigenvalue weighted by atomic mass is 16.5. The van der Waals surface area contributed by atoms with Crippen LogP contribution in [-0.4, -0.2) is 49.8 Å². The number of anilines is 1. The molecule has 0 radical (unpaired) electrons. The van der Waals surface area contributed by atoms with Crippen molar-refractivity contribution in [2.24, 2.45) is 5.92 Å². The third-order valence-corrected chi connectivity index (χ3v) is 4.03. The molecule has 1 aliphatic rings. The molecule has 1 fully saturated rings. The van der Waals surface area contributed by atoms with Crippen molar-refractivity contribution in [2.75, 3.05) is 38.2 Å². The Labute approximate surface area is 133 Å². The second kappa shape index (κ2) is 8.15. The highest BCUT2D eigenvalue weighted by Crippen LogP contribution is 2.13. The molecule has 1 saturated heterocycles. The number of benzene rings is 1. The number of morpholine rings is 1. The highest BCUT2D eigenvalue weighted by Gasteiger charge is 2.24. The molecular weight excluding hydrogens is 278 g/mol. The van der Waals surface area contributed by atoms with Crippen LogP contribution in [0.4, 0.5) is 10.5 Å². The van der Waals surface area contributed by atoms with Crippen LogP contribution in [0.1, 0.15) is 19.4 Å². The fourth-order valence-corrected chi connectivity index (χ4v) is 2.79. The SMILES string of the molecule is Cc1cccc(NC(=O)NCC(C(C)C)N2CCOCC2)c1. The number of carbonyl (C=O) groups is 1. The van der Waals surface area contributed by atoms with Crippen LogP contribution in [0.15, 0.2) is 24.3 Å². The maximum atomic E-state index is 12.1. The Balaban J connectivity index is 1.84. The Hall–Kier alpha value is -1.59. The standard InChI is InChI=1S/C17H27N3O2/c1-13(2)16(20-7-9-22-10-8-20)12-18-17(21)19-15-6-4-5-14(3)11-15/h4-6,11,13,16H,7-10,12H2,1-3H3,(H2,18,19,21). The molecule has 0 saturated carbocycles. The maximum Gasteiger partial charge on any atom is 0.319 e. The molecule has 22 heavy (non-hydrogen) atoms. The van der Waals surface area contributed by atoms with Crippen molar-refractivity contribution in [3.8, 4) is 0 Å². The smallest absolute Gasteiger partial charge is 0.319 e. The van der Waals surface area contributed by atoms with Gasteiger partial charge in [0.05, 0.1) is 13.2 Å². The summed E-state index contributed by atoms with van der Waals surface area (Å²) in [5.74, 6) is 0.484. The van der Waals surface area contributed by atoms with Gasteiger partial charge in [0, 0.05) is 31.4 Å². The molecular formula is C17H27N3O2. The predicted molar refractivity (Wildman–Crippen MR) is 89.2 cm³/mol. The normalized spacial score (nSPS) is 17.3. The zero-order valence-corrected chi connectivity index (χ0v) is 13.8. The van der Waals surface area contributed by atoms with Crippen LogP contribution in [0.5, 0.6) is 0 Å². The highest BCUT2D eigenvalue weighted by molar-refractivity contribution is 5.89. The average Bonchev–Trinajstić information content (AvgIpc) is 2.48. The Kier molecular flexibility index (Phi) is 6.21. The van der Waals surface area contributed by atoms with Crippen molar-refractivity contribution in [3.05, 3.63) is 29.8 Å². The van der Waals surface area contributed by atoms with Gasteiger partial charge in [0.2, 0.25) is 0 Å². The zero-order valence-electron chi connectivity index (χ0n) is 13.8. The van der Waals surface area contributed by atoms with Crippen LogP contribution in [0.2, 0.25) is 0 Å². The van der Waals surface area contributed by atoms with E-state index >= 15 is 0 Å². The lowest BCUT2D eigenvalue weighted by Gasteiger charge is -2.36. The van der Waals surface area contributed by atoms with Crippen LogP contribution in [0, 0.1) is 12.8 Å². The van der Waals surface area contributed by atoms with Crippen molar-refractivity contribution in [3.63, 3.8) is 0 Å². The Morgan fingerprint density at radius 1 is 1.32 bits per heavy atom. The van der Waals surface area contributed by atoms with E-state index < -0.39 is 0 Å². The van der Waals surface area contributed by atoms with Crippen LogP contribution >= 0.6 is 0 Å². The summed E-state index contributed by atoms with van der Waals surface area (Å²) >= 11 is 0. The third kappa shape index (κ3) is 5.00. The number of aryl methyl sites for hydroxylation is 1. The van der Waals surface area contributed by atoms with E-state index in [0.717, 1.165) is 37.6 Å². The number of rotatable bonds is 5. The number of urea groups is 1. The largest absolute Gasteiger partial charge is 0.379 e. The van der Waals surface area contributed by atoms with Gasteiger partial charge in [-0.2, -0.15) is 0 Å². The zero-order chi connectivity index (χ0) is 15.9. The number of hydrogen-bond donors (Lipinski definition) is 2. The summed E-state index contributed by atoms with van der Waals surface area (Å²) in [5, 5.41) is 5.88. The van der Waals surface area contributed by atoms with E-state index in [1.54, 1.807) is 0 Å². The quantitative estimate of drug-likeness (QED) is 0.878. The van der Waals surface area contributed by atoms with Gasteiger partial charge in [0.15, 0.2) is 0 Å². The predicted octanol–water partition coefficient (Wildman–Crippen LogP) is 2.47. The van der Waals surface area contributed by atoms with Crippen LogP contribution in [-0.2, 0) is 4.74 Å². The van der Waals surface area contributed by atoms with Gasteiger partial charge >= 0.3 is 6.03 Å². The summed E-state index contributed by atoms with van der Waals surface area (Å²) in [6, 6.07) is 8.00. The molecule has 2 amide bonds. The van der Waals surface area contributed by atoms with E-state index in [-0.39, 0.29) is 6.03 Å². The molecule has 1 unspecified atom stereocenters. The molecule has 1 aromatic rings. The molecule has 5 heteroatoms. The number of nitrogens with one attached hydrogen (secondary N) is 2. The van der Waals surface area contributed by atoms with E-state index in [4.69, 9.17) is 4.74 Å². The van der Waals surface area contributed by atoms with Gasteiger partial charge < -0.3 is 15.4 Å². The lowest BCUT2D eigenvalue weighted by molar-refractivity contribution is 0.00728. The molecule has 0 aromatic heterocycles. The Morgan fingerprint density at radius 2 is 2.05 bits per heavy atom. The van der Waals surface area contributed by atoms with Gasteiger partial charge in [-0.15, -0.1) is 0 Å². The molecule has 1 atom stereocenters. The van der Waals surface area contributed by atoms with Gasteiger partial charge in [-0.3, -0.25) is 4.90 Å². The van der Waals surface area contributed by atoms with Crippen molar-refractivity contribution in [1.29, 1.82) is 0 Å². The van der Waals surface area contributed by atoms with Crippen LogP contribution in [0.3, 0.4) is 0 Å². The minimum absolute atomic E-state index is 0.149. The summed E-state index contributed by atoms with van der Waals surface area (Å²) in [7, 11) is 0. The molecule has 0 aliphatic carbocycles. The van der Waals surface area contributed by atoms with Crippen molar-refractivity contribution >= 4 is 11.7 Å². The molecule has 1 heterocycles.